The normalized spacial score (nSPS) is 12.8. The number of carboxylic acid groups (broad SMARTS) is 1. The fourth-order valence-electron chi connectivity index (χ4n) is 2.43. The number of hydrogen-bond donors (Lipinski definition) is 1. The summed E-state index contributed by atoms with van der Waals surface area (Å²) in [5.41, 5.74) is 1.85. The third-order valence-corrected chi connectivity index (χ3v) is 3.75. The lowest BCUT2D eigenvalue weighted by Gasteiger charge is -2.13. The summed E-state index contributed by atoms with van der Waals surface area (Å²) in [7, 11) is 0. The largest absolute Gasteiger partial charge is 0.478 e. The number of imidazole rings is 1. The number of aromatic carboxylic acids is 1. The molecule has 2 rings (SSSR count). The second kappa shape index (κ2) is 6.07. The zero-order valence-electron chi connectivity index (χ0n) is 12.4. The molecule has 108 valence electrons. The van der Waals surface area contributed by atoms with Crippen molar-refractivity contribution in [3.63, 3.8) is 0 Å². The van der Waals surface area contributed by atoms with Gasteiger partial charge in [0.15, 0.2) is 0 Å². The van der Waals surface area contributed by atoms with Crippen LogP contribution in [0, 0.1) is 5.92 Å². The Kier molecular flexibility index (Phi) is 4.42. The van der Waals surface area contributed by atoms with Crippen LogP contribution in [0.5, 0.6) is 0 Å². The molecule has 1 aromatic carbocycles. The number of aryl methyl sites for hydroxylation is 1. The molecule has 0 amide bonds. The molecule has 0 saturated heterocycles. The molecule has 4 heteroatoms. The van der Waals surface area contributed by atoms with Gasteiger partial charge in [0, 0.05) is 13.0 Å². The molecular formula is C16H22N2O2. The first kappa shape index (κ1) is 14.6. The lowest BCUT2D eigenvalue weighted by molar-refractivity contribution is 0.0699. The molecule has 0 fully saturated rings. The van der Waals surface area contributed by atoms with Gasteiger partial charge < -0.3 is 9.67 Å². The average molecular weight is 274 g/mol. The zero-order valence-corrected chi connectivity index (χ0v) is 12.4. The number of carbonyl (C=O) groups is 1. The van der Waals surface area contributed by atoms with Crippen molar-refractivity contribution in [1.82, 2.24) is 9.55 Å². The lowest BCUT2D eigenvalue weighted by Crippen LogP contribution is -2.10. The van der Waals surface area contributed by atoms with E-state index >= 15 is 0 Å². The summed E-state index contributed by atoms with van der Waals surface area (Å²) in [6, 6.07) is 5.40. The highest BCUT2D eigenvalue weighted by Gasteiger charge is 2.17. The van der Waals surface area contributed by atoms with Crippen LogP contribution in [-0.2, 0) is 13.0 Å². The number of nitrogens with zero attached hydrogens (tertiary/aromatic N) is 2. The molecular weight excluding hydrogens is 252 g/mol. The molecule has 0 aliphatic heterocycles. The first-order valence-corrected chi connectivity index (χ1v) is 7.29. The van der Waals surface area contributed by atoms with E-state index in [1.54, 1.807) is 12.1 Å². The Balaban J connectivity index is 2.60. The number of fused-ring (bicyclic) bond motifs is 1. The van der Waals surface area contributed by atoms with Crippen LogP contribution in [0.4, 0.5) is 0 Å². The fraction of sp³-hybridized carbons (Fsp3) is 0.500. The number of carboxylic acids is 1. The highest BCUT2D eigenvalue weighted by atomic mass is 16.4. The minimum atomic E-state index is -0.910. The average Bonchev–Trinajstić information content (AvgIpc) is 2.77. The van der Waals surface area contributed by atoms with Crippen molar-refractivity contribution >= 4 is 17.0 Å². The molecule has 0 radical (unpaired) electrons. The van der Waals surface area contributed by atoms with E-state index < -0.39 is 5.97 Å². The van der Waals surface area contributed by atoms with Crippen LogP contribution in [0.25, 0.3) is 11.0 Å². The van der Waals surface area contributed by atoms with Crippen LogP contribution in [0.3, 0.4) is 0 Å². The molecule has 0 aliphatic carbocycles. The van der Waals surface area contributed by atoms with E-state index in [4.69, 9.17) is 0 Å². The van der Waals surface area contributed by atoms with Crippen molar-refractivity contribution in [3.05, 3.63) is 29.6 Å². The molecule has 0 saturated carbocycles. The monoisotopic (exact) mass is 274 g/mol. The number of hydrogen-bond acceptors (Lipinski definition) is 2. The van der Waals surface area contributed by atoms with Crippen molar-refractivity contribution in [2.24, 2.45) is 5.92 Å². The summed E-state index contributed by atoms with van der Waals surface area (Å²) in [4.78, 5) is 15.9. The predicted molar refractivity (Wildman–Crippen MR) is 80.1 cm³/mol. The molecule has 2 aromatic rings. The third kappa shape index (κ3) is 2.69. The fourth-order valence-corrected chi connectivity index (χ4v) is 2.43. The number of rotatable bonds is 6. The summed E-state index contributed by atoms with van der Waals surface area (Å²) < 4.78 is 2.19. The SMILES string of the molecule is CCCc1nc2c(C(=O)O)cccc2n1CC(C)CC. The van der Waals surface area contributed by atoms with Gasteiger partial charge >= 0.3 is 5.97 Å². The zero-order chi connectivity index (χ0) is 14.7. The van der Waals surface area contributed by atoms with Crippen molar-refractivity contribution in [2.45, 2.75) is 46.6 Å². The van der Waals surface area contributed by atoms with Gasteiger partial charge in [-0.1, -0.05) is 33.3 Å². The summed E-state index contributed by atoms with van der Waals surface area (Å²) >= 11 is 0. The lowest BCUT2D eigenvalue weighted by atomic mass is 10.1. The van der Waals surface area contributed by atoms with Crippen molar-refractivity contribution < 1.29 is 9.90 Å². The molecule has 1 heterocycles. The summed E-state index contributed by atoms with van der Waals surface area (Å²) in [5.74, 6) is 0.639. The third-order valence-electron chi connectivity index (χ3n) is 3.75. The van der Waals surface area contributed by atoms with Gasteiger partial charge in [-0.05, 0) is 24.5 Å². The van der Waals surface area contributed by atoms with Gasteiger partial charge in [-0.15, -0.1) is 0 Å². The predicted octanol–water partition coefficient (Wildman–Crippen LogP) is 3.73. The van der Waals surface area contributed by atoms with E-state index in [2.05, 4.69) is 30.3 Å². The smallest absolute Gasteiger partial charge is 0.337 e. The topological polar surface area (TPSA) is 55.1 Å². The van der Waals surface area contributed by atoms with E-state index in [1.807, 2.05) is 6.07 Å². The van der Waals surface area contributed by atoms with E-state index in [1.165, 1.54) is 0 Å². The van der Waals surface area contributed by atoms with Gasteiger partial charge in [0.2, 0.25) is 0 Å². The van der Waals surface area contributed by atoms with Crippen molar-refractivity contribution in [3.8, 4) is 0 Å². The molecule has 1 unspecified atom stereocenters. The van der Waals surface area contributed by atoms with E-state index in [0.717, 1.165) is 37.1 Å². The first-order valence-electron chi connectivity index (χ1n) is 7.29. The molecule has 4 nitrogen and oxygen atoms in total. The molecule has 1 aromatic heterocycles. The van der Waals surface area contributed by atoms with Gasteiger partial charge in [-0.25, -0.2) is 9.78 Å². The van der Waals surface area contributed by atoms with Crippen molar-refractivity contribution in [2.75, 3.05) is 0 Å². The highest BCUT2D eigenvalue weighted by Crippen LogP contribution is 2.23. The summed E-state index contributed by atoms with van der Waals surface area (Å²) in [5, 5.41) is 9.29. The first-order chi connectivity index (χ1) is 9.58. The van der Waals surface area contributed by atoms with Crippen LogP contribution in [0.1, 0.15) is 49.8 Å². The van der Waals surface area contributed by atoms with Gasteiger partial charge in [0.25, 0.3) is 0 Å². The number of aromatic nitrogens is 2. The van der Waals surface area contributed by atoms with Crippen LogP contribution in [0.15, 0.2) is 18.2 Å². The van der Waals surface area contributed by atoms with E-state index in [9.17, 15) is 9.90 Å². The Bertz CT molecular complexity index is 616. The van der Waals surface area contributed by atoms with Crippen LogP contribution >= 0.6 is 0 Å². The second-order valence-corrected chi connectivity index (χ2v) is 5.38. The molecule has 0 spiro atoms. The van der Waals surface area contributed by atoms with E-state index in [0.29, 0.717) is 17.0 Å². The maximum atomic E-state index is 11.3. The van der Waals surface area contributed by atoms with Crippen LogP contribution < -0.4 is 0 Å². The molecule has 0 aliphatic rings. The molecule has 1 N–H and O–H groups in total. The van der Waals surface area contributed by atoms with Gasteiger partial charge in [0.1, 0.15) is 11.3 Å². The Labute approximate surface area is 119 Å². The van der Waals surface area contributed by atoms with Crippen LogP contribution in [0.2, 0.25) is 0 Å². The number of para-hydroxylation sites is 1. The van der Waals surface area contributed by atoms with Gasteiger partial charge in [-0.2, -0.15) is 0 Å². The standard InChI is InChI=1S/C16H22N2O2/c1-4-7-14-17-15-12(16(19)20)8-6-9-13(15)18(14)10-11(3)5-2/h6,8-9,11H,4-5,7,10H2,1-3H3,(H,19,20). The molecule has 0 bridgehead atoms. The van der Waals surface area contributed by atoms with Gasteiger partial charge in [0.05, 0.1) is 11.1 Å². The summed E-state index contributed by atoms with van der Waals surface area (Å²) in [6.07, 6.45) is 2.99. The maximum absolute atomic E-state index is 11.3. The van der Waals surface area contributed by atoms with Crippen LogP contribution in [-0.4, -0.2) is 20.6 Å². The minimum Gasteiger partial charge on any atom is -0.478 e. The Morgan fingerprint density at radius 2 is 2.15 bits per heavy atom. The van der Waals surface area contributed by atoms with Crippen molar-refractivity contribution in [1.29, 1.82) is 0 Å². The Hall–Kier alpha value is -1.84. The Morgan fingerprint density at radius 3 is 2.75 bits per heavy atom. The Morgan fingerprint density at radius 1 is 1.40 bits per heavy atom. The highest BCUT2D eigenvalue weighted by molar-refractivity contribution is 6.01. The van der Waals surface area contributed by atoms with Gasteiger partial charge in [-0.3, -0.25) is 0 Å². The quantitative estimate of drug-likeness (QED) is 0.873. The molecule has 1 atom stereocenters. The second-order valence-electron chi connectivity index (χ2n) is 5.38. The minimum absolute atomic E-state index is 0.294. The van der Waals surface area contributed by atoms with E-state index in [-0.39, 0.29) is 0 Å². The maximum Gasteiger partial charge on any atom is 0.337 e. The summed E-state index contributed by atoms with van der Waals surface area (Å²) in [6.45, 7) is 7.39. The molecule has 20 heavy (non-hydrogen) atoms. The number of benzene rings is 1.